The van der Waals surface area contributed by atoms with Crippen LogP contribution in [0.3, 0.4) is 0 Å². The van der Waals surface area contributed by atoms with Gasteiger partial charge in [-0.1, -0.05) is 0 Å². The number of carbonyl (C=O) groups is 3. The number of hydrazine groups is 1. The molecular formula is C22H30N4O6S2. The molecule has 2 aromatic heterocycles. The molecule has 3 heterocycles. The first-order valence-electron chi connectivity index (χ1n) is 11.0. The van der Waals surface area contributed by atoms with Gasteiger partial charge in [-0.2, -0.15) is 0 Å². The molecule has 0 spiro atoms. The van der Waals surface area contributed by atoms with E-state index >= 15 is 0 Å². The first kappa shape index (κ1) is 26.2. The van der Waals surface area contributed by atoms with Crippen LogP contribution in [0.5, 0.6) is 0 Å². The summed E-state index contributed by atoms with van der Waals surface area (Å²) in [5.41, 5.74) is 5.10. The number of likely N-dealkylation sites (tertiary alicyclic amines) is 1. The maximum Gasteiger partial charge on any atom is 0.289 e. The number of aryl methyl sites for hydroxylation is 1. The van der Waals surface area contributed by atoms with Crippen LogP contribution >= 0.6 is 22.7 Å². The Labute approximate surface area is 206 Å². The Hall–Kier alpha value is -2.38. The second-order valence-corrected chi connectivity index (χ2v) is 9.88. The number of carbonyl (C=O) groups excluding carboxylic acids is 3. The zero-order valence-electron chi connectivity index (χ0n) is 19.3. The Bertz CT molecular complexity index is 955. The molecule has 3 rings (SSSR count). The van der Waals surface area contributed by atoms with Gasteiger partial charge in [0, 0.05) is 36.4 Å². The minimum absolute atomic E-state index is 0.0359. The van der Waals surface area contributed by atoms with Gasteiger partial charge < -0.3 is 19.1 Å². The average Bonchev–Trinajstić information content (AvgIpc) is 3.51. The molecule has 1 aliphatic rings. The Morgan fingerprint density at radius 2 is 1.76 bits per heavy atom. The molecule has 0 atom stereocenters. The number of nitrogens with one attached hydrogen (secondary N) is 2. The minimum atomic E-state index is -0.458. The Morgan fingerprint density at radius 3 is 2.47 bits per heavy atom. The van der Waals surface area contributed by atoms with E-state index in [0.717, 1.165) is 22.7 Å². The molecule has 10 nitrogen and oxygen atoms in total. The summed E-state index contributed by atoms with van der Waals surface area (Å²) in [4.78, 5) is 44.6. The van der Waals surface area contributed by atoms with Crippen LogP contribution in [0.15, 0.2) is 17.5 Å². The number of aromatic nitrogens is 1. The molecule has 0 unspecified atom stereocenters. The van der Waals surface area contributed by atoms with Crippen LogP contribution in [0.1, 0.15) is 48.8 Å². The number of ether oxygens (including phenoxy) is 3. The van der Waals surface area contributed by atoms with Gasteiger partial charge in [-0.3, -0.25) is 25.2 Å². The van der Waals surface area contributed by atoms with E-state index in [1.54, 1.807) is 23.5 Å². The third kappa shape index (κ3) is 7.84. The van der Waals surface area contributed by atoms with Gasteiger partial charge >= 0.3 is 0 Å². The van der Waals surface area contributed by atoms with Crippen molar-refractivity contribution < 1.29 is 28.6 Å². The van der Waals surface area contributed by atoms with Crippen molar-refractivity contribution in [3.63, 3.8) is 0 Å². The van der Waals surface area contributed by atoms with E-state index in [2.05, 4.69) is 15.8 Å². The molecule has 0 radical (unpaired) electrons. The summed E-state index contributed by atoms with van der Waals surface area (Å²) in [5, 5.41) is 2.55. The molecule has 2 N–H and O–H groups in total. The lowest BCUT2D eigenvalue weighted by Crippen LogP contribution is -2.41. The predicted molar refractivity (Wildman–Crippen MR) is 128 cm³/mol. The SMILES string of the molecule is COCCOCCOCC(=O)N1CCC(c2nc(C(=O)NNC(=O)c3ccc(C)s3)cs2)CC1. The third-order valence-corrected chi connectivity index (χ3v) is 7.24. The van der Waals surface area contributed by atoms with E-state index in [4.69, 9.17) is 14.2 Å². The molecule has 0 bridgehead atoms. The molecule has 186 valence electrons. The second kappa shape index (κ2) is 13.5. The number of hydrogen-bond acceptors (Lipinski definition) is 9. The lowest BCUT2D eigenvalue weighted by molar-refractivity contribution is -0.137. The van der Waals surface area contributed by atoms with Crippen LogP contribution in [-0.2, 0) is 19.0 Å². The summed E-state index contributed by atoms with van der Waals surface area (Å²) in [6, 6.07) is 3.56. The topological polar surface area (TPSA) is 119 Å². The van der Waals surface area contributed by atoms with Crippen molar-refractivity contribution in [2.75, 3.05) is 53.2 Å². The van der Waals surface area contributed by atoms with Crippen LogP contribution < -0.4 is 10.9 Å². The molecule has 34 heavy (non-hydrogen) atoms. The summed E-state index contributed by atoms with van der Waals surface area (Å²) < 4.78 is 15.6. The first-order valence-corrected chi connectivity index (χ1v) is 12.7. The standard InChI is InChI=1S/C22H30N4O6S2/c1-15-3-4-18(34-15)21(29)25-24-20(28)17-14-33-22(23-17)16-5-7-26(8-6-16)19(27)13-32-12-11-31-10-9-30-2/h3-4,14,16H,5-13H2,1-2H3,(H,24,28)(H,25,29). The number of thiazole rings is 1. The highest BCUT2D eigenvalue weighted by Crippen LogP contribution is 2.30. The zero-order valence-corrected chi connectivity index (χ0v) is 21.0. The third-order valence-electron chi connectivity index (χ3n) is 5.23. The maximum atomic E-state index is 12.4. The van der Waals surface area contributed by atoms with Crippen molar-refractivity contribution in [3.05, 3.63) is 38.0 Å². The number of amides is 3. The average molecular weight is 511 g/mol. The van der Waals surface area contributed by atoms with E-state index in [0.29, 0.717) is 44.4 Å². The zero-order chi connectivity index (χ0) is 24.3. The molecule has 3 amide bonds. The van der Waals surface area contributed by atoms with E-state index in [1.165, 1.54) is 22.7 Å². The van der Waals surface area contributed by atoms with Gasteiger partial charge in [0.1, 0.15) is 12.3 Å². The smallest absolute Gasteiger partial charge is 0.289 e. The van der Waals surface area contributed by atoms with Gasteiger partial charge in [0.15, 0.2) is 0 Å². The molecule has 2 aromatic rings. The quantitative estimate of drug-likeness (QED) is 0.350. The Balaban J connectivity index is 1.36. The summed E-state index contributed by atoms with van der Waals surface area (Å²) >= 11 is 2.77. The molecular weight excluding hydrogens is 480 g/mol. The van der Waals surface area contributed by atoms with Crippen molar-refractivity contribution in [1.82, 2.24) is 20.7 Å². The molecule has 1 aliphatic heterocycles. The fourth-order valence-corrected chi connectivity index (χ4v) is 5.10. The summed E-state index contributed by atoms with van der Waals surface area (Å²) in [5.74, 6) is -0.665. The van der Waals surface area contributed by atoms with Crippen molar-refractivity contribution >= 4 is 40.4 Å². The largest absolute Gasteiger partial charge is 0.382 e. The number of piperidine rings is 1. The van der Waals surface area contributed by atoms with Gasteiger partial charge in [0.05, 0.1) is 36.3 Å². The van der Waals surface area contributed by atoms with Crippen molar-refractivity contribution in [3.8, 4) is 0 Å². The van der Waals surface area contributed by atoms with Crippen LogP contribution in [-0.4, -0.2) is 80.8 Å². The number of thiophene rings is 1. The van der Waals surface area contributed by atoms with Gasteiger partial charge in [-0.25, -0.2) is 4.98 Å². The van der Waals surface area contributed by atoms with Crippen molar-refractivity contribution in [2.24, 2.45) is 0 Å². The molecule has 0 saturated carbocycles. The maximum absolute atomic E-state index is 12.4. The molecule has 1 saturated heterocycles. The van der Waals surface area contributed by atoms with Gasteiger partial charge in [-0.15, -0.1) is 22.7 Å². The monoisotopic (exact) mass is 510 g/mol. The minimum Gasteiger partial charge on any atom is -0.382 e. The summed E-state index contributed by atoms with van der Waals surface area (Å²) in [7, 11) is 1.61. The van der Waals surface area contributed by atoms with Crippen LogP contribution in [0.4, 0.5) is 0 Å². The second-order valence-electron chi connectivity index (χ2n) is 7.70. The summed E-state index contributed by atoms with van der Waals surface area (Å²) in [6.07, 6.45) is 1.55. The van der Waals surface area contributed by atoms with Gasteiger partial charge in [0.2, 0.25) is 5.91 Å². The lowest BCUT2D eigenvalue weighted by atomic mass is 9.97. The van der Waals surface area contributed by atoms with Gasteiger partial charge in [-0.05, 0) is 31.9 Å². The molecule has 1 fully saturated rings. The van der Waals surface area contributed by atoms with Crippen LogP contribution in [0.25, 0.3) is 0 Å². The number of rotatable bonds is 11. The highest BCUT2D eigenvalue weighted by atomic mass is 32.1. The molecule has 0 aliphatic carbocycles. The fraction of sp³-hybridized carbons (Fsp3) is 0.545. The van der Waals surface area contributed by atoms with E-state index in [-0.39, 0.29) is 30.0 Å². The van der Waals surface area contributed by atoms with Crippen LogP contribution in [0.2, 0.25) is 0 Å². The van der Waals surface area contributed by atoms with E-state index in [1.807, 2.05) is 13.0 Å². The van der Waals surface area contributed by atoms with Crippen molar-refractivity contribution in [1.29, 1.82) is 0 Å². The first-order chi connectivity index (χ1) is 16.5. The molecule has 12 heteroatoms. The normalized spacial score (nSPS) is 14.2. The highest BCUT2D eigenvalue weighted by molar-refractivity contribution is 7.14. The number of nitrogens with zero attached hydrogens (tertiary/aromatic N) is 2. The van der Waals surface area contributed by atoms with Crippen molar-refractivity contribution in [2.45, 2.75) is 25.7 Å². The lowest BCUT2D eigenvalue weighted by Gasteiger charge is -2.31. The Morgan fingerprint density at radius 1 is 1.06 bits per heavy atom. The van der Waals surface area contributed by atoms with E-state index in [9.17, 15) is 14.4 Å². The number of methoxy groups -OCH3 is 1. The van der Waals surface area contributed by atoms with Crippen LogP contribution in [0, 0.1) is 6.92 Å². The number of hydrogen-bond donors (Lipinski definition) is 2. The van der Waals surface area contributed by atoms with E-state index < -0.39 is 5.91 Å². The highest BCUT2D eigenvalue weighted by Gasteiger charge is 2.26. The molecule has 0 aromatic carbocycles. The van der Waals surface area contributed by atoms with Gasteiger partial charge in [0.25, 0.3) is 11.8 Å². The Kier molecular flexibility index (Phi) is 10.4. The predicted octanol–water partition coefficient (Wildman–Crippen LogP) is 1.97. The fourth-order valence-electron chi connectivity index (χ4n) is 3.36. The summed E-state index contributed by atoms with van der Waals surface area (Å²) in [6.45, 7) is 5.02.